The lowest BCUT2D eigenvalue weighted by molar-refractivity contribution is 0.0145. The number of benzene rings is 1. The van der Waals surface area contributed by atoms with E-state index in [4.69, 9.17) is 10.5 Å². The van der Waals surface area contributed by atoms with Crippen molar-refractivity contribution in [1.82, 2.24) is 4.90 Å². The fourth-order valence-corrected chi connectivity index (χ4v) is 3.12. The van der Waals surface area contributed by atoms with Crippen LogP contribution in [0.3, 0.4) is 0 Å². The van der Waals surface area contributed by atoms with Crippen molar-refractivity contribution in [3.05, 3.63) is 29.3 Å². The van der Waals surface area contributed by atoms with Crippen LogP contribution in [0.5, 0.6) is 5.75 Å². The minimum atomic E-state index is -0.490. The lowest BCUT2D eigenvalue weighted by Gasteiger charge is -2.28. The molecule has 3 N–H and O–H groups in total. The van der Waals surface area contributed by atoms with Crippen molar-refractivity contribution in [3.8, 4) is 5.75 Å². The molecule has 0 bridgehead atoms. The topological polar surface area (TPSA) is 58.7 Å². The van der Waals surface area contributed by atoms with Crippen LogP contribution in [-0.2, 0) is 13.1 Å². The lowest BCUT2D eigenvalue weighted by atomic mass is 10.0. The van der Waals surface area contributed by atoms with E-state index in [2.05, 4.69) is 18.0 Å². The van der Waals surface area contributed by atoms with Crippen LogP contribution in [0.15, 0.2) is 18.2 Å². The third kappa shape index (κ3) is 3.72. The summed E-state index contributed by atoms with van der Waals surface area (Å²) in [5.41, 5.74) is 7.40. The molecule has 1 aromatic rings. The summed E-state index contributed by atoms with van der Waals surface area (Å²) in [5, 5.41) is 10.4. The van der Waals surface area contributed by atoms with Gasteiger partial charge < -0.3 is 15.6 Å². The Balaban J connectivity index is 1.98. The Kier molecular flexibility index (Phi) is 5.02. The monoisotopic (exact) mass is 278 g/mol. The average Bonchev–Trinajstić information content (AvgIpc) is 2.84. The highest BCUT2D eigenvalue weighted by atomic mass is 16.5. The van der Waals surface area contributed by atoms with E-state index in [9.17, 15) is 5.11 Å². The van der Waals surface area contributed by atoms with Crippen LogP contribution >= 0.6 is 0 Å². The molecule has 0 amide bonds. The molecule has 1 aromatic carbocycles. The van der Waals surface area contributed by atoms with Gasteiger partial charge in [0.25, 0.3) is 0 Å². The largest absolute Gasteiger partial charge is 0.496 e. The summed E-state index contributed by atoms with van der Waals surface area (Å²) >= 11 is 0. The number of nitrogens with zero attached hydrogens (tertiary/aromatic N) is 1. The lowest BCUT2D eigenvalue weighted by Crippen LogP contribution is -2.38. The summed E-state index contributed by atoms with van der Waals surface area (Å²) in [4.78, 5) is 2.18. The first kappa shape index (κ1) is 15.3. The molecule has 1 aliphatic rings. The highest BCUT2D eigenvalue weighted by Crippen LogP contribution is 2.30. The first-order valence-corrected chi connectivity index (χ1v) is 7.33. The zero-order chi connectivity index (χ0) is 14.6. The molecular formula is C16H26N2O2. The molecule has 1 aliphatic carbocycles. The van der Waals surface area contributed by atoms with E-state index in [0.29, 0.717) is 6.54 Å². The minimum absolute atomic E-state index is 0.485. The third-order valence-electron chi connectivity index (χ3n) is 4.12. The Morgan fingerprint density at radius 2 is 2.05 bits per heavy atom. The van der Waals surface area contributed by atoms with Crippen LogP contribution in [0.25, 0.3) is 0 Å². The van der Waals surface area contributed by atoms with Gasteiger partial charge >= 0.3 is 0 Å². The van der Waals surface area contributed by atoms with Gasteiger partial charge in [-0.05, 0) is 31.5 Å². The normalized spacial score (nSPS) is 17.6. The number of hydrogen-bond donors (Lipinski definition) is 2. The number of rotatable bonds is 6. The van der Waals surface area contributed by atoms with Crippen molar-refractivity contribution < 1.29 is 9.84 Å². The van der Waals surface area contributed by atoms with Crippen molar-refractivity contribution in [2.24, 2.45) is 5.73 Å². The maximum atomic E-state index is 10.4. The summed E-state index contributed by atoms with van der Waals surface area (Å²) in [7, 11) is 3.73. The Hall–Kier alpha value is -1.10. The van der Waals surface area contributed by atoms with Gasteiger partial charge in [0.2, 0.25) is 0 Å². The molecule has 0 atom stereocenters. The van der Waals surface area contributed by atoms with Gasteiger partial charge in [0.15, 0.2) is 0 Å². The van der Waals surface area contributed by atoms with Gasteiger partial charge in [-0.15, -0.1) is 0 Å². The predicted molar refractivity (Wildman–Crippen MR) is 80.6 cm³/mol. The van der Waals surface area contributed by atoms with Gasteiger partial charge in [0.05, 0.1) is 12.7 Å². The highest BCUT2D eigenvalue weighted by molar-refractivity contribution is 5.37. The van der Waals surface area contributed by atoms with Crippen LogP contribution in [0.1, 0.15) is 36.8 Å². The number of likely N-dealkylation sites (N-methyl/N-ethyl adjacent to an activating group) is 1. The second kappa shape index (κ2) is 6.57. The maximum Gasteiger partial charge on any atom is 0.123 e. The molecule has 1 saturated carbocycles. The summed E-state index contributed by atoms with van der Waals surface area (Å²) in [6.07, 6.45) is 4.13. The molecule has 0 saturated heterocycles. The molecule has 4 heteroatoms. The molecule has 1 fully saturated rings. The van der Waals surface area contributed by atoms with E-state index in [1.54, 1.807) is 7.11 Å². The summed E-state index contributed by atoms with van der Waals surface area (Å²) in [5.74, 6) is 0.845. The third-order valence-corrected chi connectivity index (χ3v) is 4.12. The highest BCUT2D eigenvalue weighted by Gasteiger charge is 2.32. The van der Waals surface area contributed by atoms with Crippen molar-refractivity contribution in [2.75, 3.05) is 20.7 Å². The first-order valence-electron chi connectivity index (χ1n) is 7.33. The molecule has 4 nitrogen and oxygen atoms in total. The van der Waals surface area contributed by atoms with Crippen molar-refractivity contribution in [2.45, 2.75) is 44.4 Å². The maximum absolute atomic E-state index is 10.4. The second-order valence-electron chi connectivity index (χ2n) is 5.95. The summed E-state index contributed by atoms with van der Waals surface area (Å²) in [6.45, 7) is 2.02. The smallest absolute Gasteiger partial charge is 0.123 e. The summed E-state index contributed by atoms with van der Waals surface area (Å²) in [6, 6.07) is 6.14. The van der Waals surface area contributed by atoms with Crippen molar-refractivity contribution in [1.29, 1.82) is 0 Å². The van der Waals surface area contributed by atoms with Gasteiger partial charge in [-0.25, -0.2) is 0 Å². The predicted octanol–water partition coefficient (Wildman–Crippen LogP) is 1.89. The van der Waals surface area contributed by atoms with E-state index >= 15 is 0 Å². The van der Waals surface area contributed by atoms with Gasteiger partial charge in [-0.2, -0.15) is 0 Å². The van der Waals surface area contributed by atoms with Crippen LogP contribution in [0.2, 0.25) is 0 Å². The number of ether oxygens (including phenoxy) is 1. The van der Waals surface area contributed by atoms with Gasteiger partial charge in [0.1, 0.15) is 5.75 Å². The van der Waals surface area contributed by atoms with Gasteiger partial charge in [-0.3, -0.25) is 4.90 Å². The molecular weight excluding hydrogens is 252 g/mol. The Bertz CT molecular complexity index is 442. The first-order chi connectivity index (χ1) is 9.56. The van der Waals surface area contributed by atoms with Crippen molar-refractivity contribution in [3.63, 3.8) is 0 Å². The SMILES string of the molecule is COc1cc(CN(C)CC2(O)CCCC2)ccc1CN. The fourth-order valence-electron chi connectivity index (χ4n) is 3.12. The average molecular weight is 278 g/mol. The molecule has 0 aliphatic heterocycles. The van der Waals surface area contributed by atoms with Crippen LogP contribution in [-0.4, -0.2) is 36.3 Å². The molecule has 2 rings (SSSR count). The molecule has 0 spiro atoms. The zero-order valence-corrected chi connectivity index (χ0v) is 12.6. The summed E-state index contributed by atoms with van der Waals surface area (Å²) < 4.78 is 5.36. The number of nitrogens with two attached hydrogens (primary N) is 1. The minimum Gasteiger partial charge on any atom is -0.496 e. The van der Waals surface area contributed by atoms with E-state index in [1.807, 2.05) is 12.1 Å². The van der Waals surface area contributed by atoms with Crippen molar-refractivity contribution >= 4 is 0 Å². The van der Waals surface area contributed by atoms with E-state index in [1.165, 1.54) is 5.56 Å². The molecule has 112 valence electrons. The molecule has 0 aromatic heterocycles. The number of methoxy groups -OCH3 is 1. The van der Waals surface area contributed by atoms with E-state index in [0.717, 1.165) is 50.1 Å². The Morgan fingerprint density at radius 3 is 2.65 bits per heavy atom. The standard InChI is InChI=1S/C16H26N2O2/c1-18(12-16(19)7-3-4-8-16)11-13-5-6-14(10-17)15(9-13)20-2/h5-6,9,19H,3-4,7-8,10-12,17H2,1-2H3. The van der Waals surface area contributed by atoms with Crippen LogP contribution < -0.4 is 10.5 Å². The van der Waals surface area contributed by atoms with Gasteiger partial charge in [0, 0.05) is 25.2 Å². The quantitative estimate of drug-likeness (QED) is 0.834. The van der Waals surface area contributed by atoms with E-state index in [-0.39, 0.29) is 0 Å². The zero-order valence-electron chi connectivity index (χ0n) is 12.6. The molecule has 0 heterocycles. The van der Waals surface area contributed by atoms with Crippen LogP contribution in [0, 0.1) is 0 Å². The number of hydrogen-bond acceptors (Lipinski definition) is 4. The van der Waals surface area contributed by atoms with Gasteiger partial charge in [-0.1, -0.05) is 25.0 Å². The van der Waals surface area contributed by atoms with E-state index < -0.39 is 5.60 Å². The van der Waals surface area contributed by atoms with Crippen LogP contribution in [0.4, 0.5) is 0 Å². The molecule has 0 radical (unpaired) electrons. The second-order valence-corrected chi connectivity index (χ2v) is 5.95. The molecule has 0 unspecified atom stereocenters. The molecule has 20 heavy (non-hydrogen) atoms. The fraction of sp³-hybridized carbons (Fsp3) is 0.625. The number of aliphatic hydroxyl groups is 1. The Morgan fingerprint density at radius 1 is 1.35 bits per heavy atom. The Labute approximate surface area is 121 Å².